The Balaban J connectivity index is 2.17. The monoisotopic (exact) mass is 227 g/mol. The smallest absolute Gasteiger partial charge is 0.0690 e. The third-order valence-corrected chi connectivity index (χ3v) is 2.92. The van der Waals surface area contributed by atoms with E-state index in [-0.39, 0.29) is 0 Å². The van der Waals surface area contributed by atoms with E-state index in [1.807, 2.05) is 6.07 Å². The second kappa shape index (κ2) is 2.82. The molecular weight excluding hydrogens is 218 g/mol. The number of aromatic nitrogens is 1. The summed E-state index contributed by atoms with van der Waals surface area (Å²) in [5, 5.41) is 9.67. The van der Waals surface area contributed by atoms with Crippen LogP contribution in [0.5, 0.6) is 0 Å². The first-order valence-corrected chi connectivity index (χ1v) is 4.80. The Morgan fingerprint density at radius 2 is 2.33 bits per heavy atom. The van der Waals surface area contributed by atoms with Crippen molar-refractivity contribution >= 4 is 15.9 Å². The van der Waals surface area contributed by atoms with Crippen LogP contribution in [-0.2, 0) is 6.42 Å². The Labute approximate surface area is 79.8 Å². The van der Waals surface area contributed by atoms with Crippen LogP contribution in [0.2, 0.25) is 0 Å². The van der Waals surface area contributed by atoms with E-state index in [0.717, 1.165) is 29.3 Å². The van der Waals surface area contributed by atoms with Crippen LogP contribution in [0, 0.1) is 0 Å². The van der Waals surface area contributed by atoms with Gasteiger partial charge in [-0.05, 0) is 40.4 Å². The molecule has 2 rings (SSSR count). The van der Waals surface area contributed by atoms with E-state index < -0.39 is 5.60 Å². The molecule has 0 aromatic carbocycles. The maximum atomic E-state index is 9.67. The topological polar surface area (TPSA) is 33.1 Å². The predicted octanol–water partition coefficient (Wildman–Crippen LogP) is 1.91. The minimum Gasteiger partial charge on any atom is -0.390 e. The molecule has 1 fully saturated rings. The lowest BCUT2D eigenvalue weighted by molar-refractivity contribution is 0.151. The van der Waals surface area contributed by atoms with Crippen LogP contribution < -0.4 is 0 Å². The van der Waals surface area contributed by atoms with Gasteiger partial charge in [-0.3, -0.25) is 4.98 Å². The highest BCUT2D eigenvalue weighted by molar-refractivity contribution is 9.10. The molecule has 0 spiro atoms. The van der Waals surface area contributed by atoms with Gasteiger partial charge in [0.05, 0.1) is 5.60 Å². The summed E-state index contributed by atoms with van der Waals surface area (Å²) in [5.41, 5.74) is 0.731. The number of hydrogen-bond acceptors (Lipinski definition) is 2. The molecule has 0 saturated heterocycles. The molecule has 0 amide bonds. The summed E-state index contributed by atoms with van der Waals surface area (Å²) >= 11 is 3.40. The molecule has 2 nitrogen and oxygen atoms in total. The number of pyridine rings is 1. The third kappa shape index (κ3) is 1.67. The van der Waals surface area contributed by atoms with Crippen molar-refractivity contribution in [3.05, 3.63) is 28.5 Å². The highest BCUT2D eigenvalue weighted by atomic mass is 79.9. The van der Waals surface area contributed by atoms with Crippen molar-refractivity contribution < 1.29 is 5.11 Å². The molecule has 1 saturated carbocycles. The van der Waals surface area contributed by atoms with Gasteiger partial charge in [0.1, 0.15) is 0 Å². The van der Waals surface area contributed by atoms with Gasteiger partial charge in [-0.1, -0.05) is 0 Å². The zero-order chi connectivity index (χ0) is 8.60. The predicted molar refractivity (Wildman–Crippen MR) is 49.8 cm³/mol. The first-order valence-electron chi connectivity index (χ1n) is 4.00. The van der Waals surface area contributed by atoms with Crippen LogP contribution in [-0.4, -0.2) is 15.7 Å². The standard InChI is InChI=1S/C9H10BrNO/c10-8-6-11-4-1-7(8)5-9(12)2-3-9/h1,4,6,12H,2-3,5H2. The van der Waals surface area contributed by atoms with E-state index >= 15 is 0 Å². The fraction of sp³-hybridized carbons (Fsp3) is 0.444. The van der Waals surface area contributed by atoms with E-state index in [4.69, 9.17) is 0 Å². The maximum absolute atomic E-state index is 9.67. The van der Waals surface area contributed by atoms with E-state index in [1.165, 1.54) is 0 Å². The molecule has 1 aromatic rings. The summed E-state index contributed by atoms with van der Waals surface area (Å²) < 4.78 is 0.991. The van der Waals surface area contributed by atoms with Crippen LogP contribution in [0.4, 0.5) is 0 Å². The molecule has 0 radical (unpaired) electrons. The van der Waals surface area contributed by atoms with Crippen LogP contribution in [0.25, 0.3) is 0 Å². The normalized spacial score (nSPS) is 19.2. The van der Waals surface area contributed by atoms with Crippen molar-refractivity contribution in [1.29, 1.82) is 0 Å². The van der Waals surface area contributed by atoms with Crippen molar-refractivity contribution in [3.8, 4) is 0 Å². The van der Waals surface area contributed by atoms with Gasteiger partial charge in [0.2, 0.25) is 0 Å². The number of nitrogens with zero attached hydrogens (tertiary/aromatic N) is 1. The molecule has 1 aromatic heterocycles. The summed E-state index contributed by atoms with van der Waals surface area (Å²) in [6.45, 7) is 0. The lowest BCUT2D eigenvalue weighted by Gasteiger charge is -2.08. The molecule has 1 aliphatic rings. The average Bonchev–Trinajstić information content (AvgIpc) is 2.74. The van der Waals surface area contributed by atoms with E-state index in [9.17, 15) is 5.11 Å². The molecule has 1 N–H and O–H groups in total. The highest BCUT2D eigenvalue weighted by Crippen LogP contribution is 2.39. The fourth-order valence-electron chi connectivity index (χ4n) is 1.22. The van der Waals surface area contributed by atoms with Gasteiger partial charge < -0.3 is 5.11 Å². The Kier molecular flexibility index (Phi) is 1.93. The van der Waals surface area contributed by atoms with Gasteiger partial charge in [-0.25, -0.2) is 0 Å². The lowest BCUT2D eigenvalue weighted by Crippen LogP contribution is -2.10. The Morgan fingerprint density at radius 3 is 2.92 bits per heavy atom. The minimum atomic E-state index is -0.413. The van der Waals surface area contributed by atoms with Crippen LogP contribution >= 0.6 is 15.9 Å². The zero-order valence-electron chi connectivity index (χ0n) is 6.63. The zero-order valence-corrected chi connectivity index (χ0v) is 8.21. The van der Waals surface area contributed by atoms with Crippen LogP contribution in [0.1, 0.15) is 18.4 Å². The van der Waals surface area contributed by atoms with Gasteiger partial charge in [-0.2, -0.15) is 0 Å². The van der Waals surface area contributed by atoms with E-state index in [0.29, 0.717) is 0 Å². The summed E-state index contributed by atoms with van der Waals surface area (Å²) in [6.07, 6.45) is 6.13. The quantitative estimate of drug-likeness (QED) is 0.838. The Bertz CT molecular complexity index is 296. The largest absolute Gasteiger partial charge is 0.390 e. The molecule has 0 bridgehead atoms. The average molecular weight is 228 g/mol. The van der Waals surface area contributed by atoms with E-state index in [1.54, 1.807) is 12.4 Å². The molecule has 0 aliphatic heterocycles. The van der Waals surface area contributed by atoms with E-state index in [2.05, 4.69) is 20.9 Å². The molecule has 1 heterocycles. The van der Waals surface area contributed by atoms with Gasteiger partial charge in [0.25, 0.3) is 0 Å². The van der Waals surface area contributed by atoms with Crippen LogP contribution in [0.3, 0.4) is 0 Å². The van der Waals surface area contributed by atoms with Crippen molar-refractivity contribution in [2.24, 2.45) is 0 Å². The number of rotatable bonds is 2. The fourth-order valence-corrected chi connectivity index (χ4v) is 1.61. The minimum absolute atomic E-state index is 0.413. The molecule has 0 atom stereocenters. The van der Waals surface area contributed by atoms with Gasteiger partial charge in [0, 0.05) is 23.3 Å². The second-order valence-corrected chi connectivity index (χ2v) is 4.22. The SMILES string of the molecule is OC1(Cc2ccncc2Br)CC1. The van der Waals surface area contributed by atoms with Crippen molar-refractivity contribution in [1.82, 2.24) is 4.98 Å². The number of hydrogen-bond donors (Lipinski definition) is 1. The van der Waals surface area contributed by atoms with Crippen LogP contribution in [0.15, 0.2) is 22.9 Å². The molecule has 0 unspecified atom stereocenters. The van der Waals surface area contributed by atoms with Crippen molar-refractivity contribution in [2.45, 2.75) is 24.9 Å². The summed E-state index contributed by atoms with van der Waals surface area (Å²) in [6, 6.07) is 1.94. The number of halogens is 1. The summed E-state index contributed by atoms with van der Waals surface area (Å²) in [4.78, 5) is 3.97. The Hall–Kier alpha value is -0.410. The molecule has 64 valence electrons. The summed E-state index contributed by atoms with van der Waals surface area (Å²) in [7, 11) is 0. The van der Waals surface area contributed by atoms with Gasteiger partial charge >= 0.3 is 0 Å². The molecule has 3 heteroatoms. The second-order valence-electron chi connectivity index (χ2n) is 3.37. The van der Waals surface area contributed by atoms with Crippen molar-refractivity contribution in [2.75, 3.05) is 0 Å². The number of aliphatic hydroxyl groups is 1. The summed E-state index contributed by atoms with van der Waals surface area (Å²) in [5.74, 6) is 0. The first kappa shape index (κ1) is 8.20. The molecule has 1 aliphatic carbocycles. The lowest BCUT2D eigenvalue weighted by atomic mass is 10.1. The van der Waals surface area contributed by atoms with Gasteiger partial charge in [0.15, 0.2) is 0 Å². The molecular formula is C9H10BrNO. The maximum Gasteiger partial charge on any atom is 0.0690 e. The third-order valence-electron chi connectivity index (χ3n) is 2.20. The van der Waals surface area contributed by atoms with Crippen molar-refractivity contribution in [3.63, 3.8) is 0 Å². The Morgan fingerprint density at radius 1 is 1.58 bits per heavy atom. The van der Waals surface area contributed by atoms with Gasteiger partial charge in [-0.15, -0.1) is 0 Å². The first-order chi connectivity index (χ1) is 5.70. The molecule has 12 heavy (non-hydrogen) atoms. The highest BCUT2D eigenvalue weighted by Gasteiger charge is 2.40.